The van der Waals surface area contributed by atoms with Gasteiger partial charge in [0.1, 0.15) is 5.76 Å². The van der Waals surface area contributed by atoms with E-state index in [9.17, 15) is 4.79 Å². The van der Waals surface area contributed by atoms with E-state index in [-0.39, 0.29) is 12.6 Å². The zero-order valence-electron chi connectivity index (χ0n) is 9.44. The minimum atomic E-state index is -0.814. The van der Waals surface area contributed by atoms with Gasteiger partial charge in [0, 0.05) is 6.04 Å². The highest BCUT2D eigenvalue weighted by molar-refractivity contribution is 9.10. The van der Waals surface area contributed by atoms with E-state index in [0.29, 0.717) is 11.2 Å². The van der Waals surface area contributed by atoms with Gasteiger partial charge >= 0.3 is 5.97 Å². The molecule has 4 nitrogen and oxygen atoms in total. The van der Waals surface area contributed by atoms with E-state index in [1.807, 2.05) is 30.9 Å². The Morgan fingerprint density at radius 1 is 1.62 bits per heavy atom. The number of halogens is 1. The fraction of sp³-hybridized carbons (Fsp3) is 0.545. The van der Waals surface area contributed by atoms with Crippen LogP contribution in [0, 0.1) is 0 Å². The molecule has 16 heavy (non-hydrogen) atoms. The largest absolute Gasteiger partial charge is 0.480 e. The van der Waals surface area contributed by atoms with Crippen molar-refractivity contribution in [2.75, 3.05) is 6.54 Å². The van der Waals surface area contributed by atoms with Gasteiger partial charge in [0.05, 0.1) is 13.1 Å². The van der Waals surface area contributed by atoms with Crippen molar-refractivity contribution in [1.82, 2.24) is 4.90 Å². The number of rotatable bonds is 6. The third-order valence-electron chi connectivity index (χ3n) is 2.54. The van der Waals surface area contributed by atoms with Crippen LogP contribution in [-0.4, -0.2) is 28.6 Å². The Balaban J connectivity index is 2.66. The first-order valence-corrected chi connectivity index (χ1v) is 6.02. The molecule has 0 saturated heterocycles. The van der Waals surface area contributed by atoms with Crippen LogP contribution in [0.3, 0.4) is 0 Å². The van der Waals surface area contributed by atoms with Crippen LogP contribution < -0.4 is 0 Å². The molecule has 0 spiro atoms. The molecule has 0 fully saturated rings. The van der Waals surface area contributed by atoms with Crippen LogP contribution in [0.2, 0.25) is 0 Å². The summed E-state index contributed by atoms with van der Waals surface area (Å²) in [5.74, 6) is -0.0423. The molecule has 1 unspecified atom stereocenters. The summed E-state index contributed by atoms with van der Waals surface area (Å²) in [5, 5.41) is 8.83. The molecule has 1 aromatic rings. The van der Waals surface area contributed by atoms with Gasteiger partial charge in [-0.15, -0.1) is 0 Å². The number of hydrogen-bond donors (Lipinski definition) is 1. The molecule has 1 N–H and O–H groups in total. The molecular formula is C11H16BrNO3. The van der Waals surface area contributed by atoms with Crippen molar-refractivity contribution in [3.8, 4) is 0 Å². The highest BCUT2D eigenvalue weighted by Crippen LogP contribution is 2.17. The fourth-order valence-corrected chi connectivity index (χ4v) is 1.78. The van der Waals surface area contributed by atoms with Crippen molar-refractivity contribution in [3.63, 3.8) is 0 Å². The lowest BCUT2D eigenvalue weighted by Crippen LogP contribution is -2.36. The zero-order valence-corrected chi connectivity index (χ0v) is 11.0. The van der Waals surface area contributed by atoms with Gasteiger partial charge in [-0.05, 0) is 41.4 Å². The van der Waals surface area contributed by atoms with Crippen LogP contribution in [0.1, 0.15) is 26.0 Å². The van der Waals surface area contributed by atoms with Crippen molar-refractivity contribution in [2.45, 2.75) is 32.9 Å². The second kappa shape index (κ2) is 6.06. The minimum absolute atomic E-state index is 0.0350. The molecule has 1 atom stereocenters. The van der Waals surface area contributed by atoms with Gasteiger partial charge in [-0.25, -0.2) is 0 Å². The highest BCUT2D eigenvalue weighted by atomic mass is 79.9. The molecule has 1 aromatic heterocycles. The fourth-order valence-electron chi connectivity index (χ4n) is 1.44. The lowest BCUT2D eigenvalue weighted by molar-refractivity contribution is -0.139. The maximum absolute atomic E-state index is 10.7. The van der Waals surface area contributed by atoms with Crippen molar-refractivity contribution in [1.29, 1.82) is 0 Å². The summed E-state index contributed by atoms with van der Waals surface area (Å²) in [6.07, 6.45) is 0.912. The number of carbonyl (C=O) groups is 1. The lowest BCUT2D eigenvalue weighted by Gasteiger charge is -2.25. The monoisotopic (exact) mass is 289 g/mol. The molecule has 90 valence electrons. The molecule has 0 aliphatic heterocycles. The third kappa shape index (κ3) is 3.98. The van der Waals surface area contributed by atoms with Gasteiger partial charge in [0.25, 0.3) is 0 Å². The predicted molar refractivity (Wildman–Crippen MR) is 64.2 cm³/mol. The standard InChI is InChI=1S/C11H16BrNO3/c1-3-8(2)13(7-11(14)15)6-9-4-5-10(12)16-9/h4-5,8H,3,6-7H2,1-2H3,(H,14,15). The van der Waals surface area contributed by atoms with Crippen LogP contribution in [0.5, 0.6) is 0 Å². The number of carboxylic acids is 1. The van der Waals surface area contributed by atoms with Gasteiger partial charge in [0.15, 0.2) is 4.67 Å². The topological polar surface area (TPSA) is 53.7 Å². The van der Waals surface area contributed by atoms with E-state index in [0.717, 1.165) is 12.2 Å². The molecule has 0 aliphatic carbocycles. The average molecular weight is 290 g/mol. The Labute approximate surface area is 103 Å². The highest BCUT2D eigenvalue weighted by Gasteiger charge is 2.17. The van der Waals surface area contributed by atoms with Gasteiger partial charge in [0.2, 0.25) is 0 Å². The molecular weight excluding hydrogens is 274 g/mol. The van der Waals surface area contributed by atoms with Crippen LogP contribution in [0.25, 0.3) is 0 Å². The number of hydrogen-bond acceptors (Lipinski definition) is 3. The predicted octanol–water partition coefficient (Wildman–Crippen LogP) is 2.73. The Bertz CT molecular complexity index is 351. The van der Waals surface area contributed by atoms with E-state index in [4.69, 9.17) is 9.52 Å². The van der Waals surface area contributed by atoms with Crippen molar-refractivity contribution >= 4 is 21.9 Å². The smallest absolute Gasteiger partial charge is 0.317 e. The van der Waals surface area contributed by atoms with Crippen molar-refractivity contribution in [2.24, 2.45) is 0 Å². The molecule has 0 aliphatic rings. The zero-order chi connectivity index (χ0) is 12.1. The Hall–Kier alpha value is -0.810. The van der Waals surface area contributed by atoms with E-state index >= 15 is 0 Å². The minimum Gasteiger partial charge on any atom is -0.480 e. The molecule has 5 heteroatoms. The Morgan fingerprint density at radius 2 is 2.31 bits per heavy atom. The summed E-state index contributed by atoms with van der Waals surface area (Å²) >= 11 is 3.23. The molecule has 0 radical (unpaired) electrons. The summed E-state index contributed by atoms with van der Waals surface area (Å²) in [6.45, 7) is 4.61. The van der Waals surface area contributed by atoms with E-state index in [1.165, 1.54) is 0 Å². The van der Waals surface area contributed by atoms with Gasteiger partial charge in [-0.3, -0.25) is 9.69 Å². The Kier molecular flexibility index (Phi) is 5.02. The van der Waals surface area contributed by atoms with Crippen LogP contribution in [-0.2, 0) is 11.3 Å². The van der Waals surface area contributed by atoms with Crippen molar-refractivity contribution < 1.29 is 14.3 Å². The summed E-state index contributed by atoms with van der Waals surface area (Å²) < 4.78 is 6.04. The summed E-state index contributed by atoms with van der Waals surface area (Å²) in [7, 11) is 0. The average Bonchev–Trinajstić information content (AvgIpc) is 2.61. The van der Waals surface area contributed by atoms with Crippen LogP contribution >= 0.6 is 15.9 Å². The third-order valence-corrected chi connectivity index (χ3v) is 2.97. The van der Waals surface area contributed by atoms with E-state index in [2.05, 4.69) is 15.9 Å². The maximum Gasteiger partial charge on any atom is 0.317 e. The second-order valence-corrected chi connectivity index (χ2v) is 4.54. The first-order valence-electron chi connectivity index (χ1n) is 5.23. The van der Waals surface area contributed by atoms with Gasteiger partial charge in [-0.1, -0.05) is 6.92 Å². The summed E-state index contributed by atoms with van der Waals surface area (Å²) in [5.41, 5.74) is 0. The van der Waals surface area contributed by atoms with Gasteiger partial charge < -0.3 is 9.52 Å². The number of furan rings is 1. The van der Waals surface area contributed by atoms with Crippen LogP contribution in [0.4, 0.5) is 0 Å². The second-order valence-electron chi connectivity index (χ2n) is 3.76. The van der Waals surface area contributed by atoms with Gasteiger partial charge in [-0.2, -0.15) is 0 Å². The first kappa shape index (κ1) is 13.3. The molecule has 1 heterocycles. The SMILES string of the molecule is CCC(C)N(CC(=O)O)Cc1ccc(Br)o1. The number of aliphatic carboxylic acids is 1. The normalized spacial score (nSPS) is 13.0. The maximum atomic E-state index is 10.7. The molecule has 0 amide bonds. The number of carboxylic acid groups (broad SMARTS) is 1. The molecule has 0 aromatic carbocycles. The summed E-state index contributed by atoms with van der Waals surface area (Å²) in [6, 6.07) is 3.88. The first-order chi connectivity index (χ1) is 7.52. The molecule has 0 saturated carbocycles. The summed E-state index contributed by atoms with van der Waals surface area (Å²) in [4.78, 5) is 12.6. The molecule has 0 bridgehead atoms. The van der Waals surface area contributed by atoms with Crippen LogP contribution in [0.15, 0.2) is 21.2 Å². The number of nitrogens with zero attached hydrogens (tertiary/aromatic N) is 1. The Morgan fingerprint density at radius 3 is 2.75 bits per heavy atom. The molecule has 1 rings (SSSR count). The lowest BCUT2D eigenvalue weighted by atomic mass is 10.2. The van der Waals surface area contributed by atoms with Crippen molar-refractivity contribution in [3.05, 3.63) is 22.6 Å². The quantitative estimate of drug-likeness (QED) is 0.875. The van der Waals surface area contributed by atoms with E-state index < -0.39 is 5.97 Å². The van der Waals surface area contributed by atoms with E-state index in [1.54, 1.807) is 0 Å².